The second-order valence-corrected chi connectivity index (χ2v) is 11.5. The monoisotopic (exact) mass is 599 g/mol. The number of hydrogen-bond donors (Lipinski definition) is 3. The number of anilines is 5. The maximum Gasteiger partial charge on any atom is 0.516 e. The molecule has 0 amide bonds. The van der Waals surface area contributed by atoms with Crippen molar-refractivity contribution in [3.05, 3.63) is 59.9 Å². The molecule has 19 heteroatoms. The summed E-state index contributed by atoms with van der Waals surface area (Å²) in [4.78, 5) is 11.4. The van der Waals surface area contributed by atoms with Crippen molar-refractivity contribution < 1.29 is 43.2 Å². The molecule has 0 aliphatic heterocycles. The first-order valence-corrected chi connectivity index (χ1v) is 13.7. The quantitative estimate of drug-likeness (QED) is 0.312. The Kier molecular flexibility index (Phi) is 8.15. The molecule has 3 N–H and O–H groups in total. The van der Waals surface area contributed by atoms with Gasteiger partial charge in [0.05, 0.1) is 6.26 Å². The summed E-state index contributed by atoms with van der Waals surface area (Å²) in [6.45, 7) is -0.309. The number of nitrogens with one attached hydrogen (secondary N) is 3. The van der Waals surface area contributed by atoms with Crippen LogP contribution in [0.3, 0.4) is 0 Å². The summed E-state index contributed by atoms with van der Waals surface area (Å²) in [6, 6.07) is 7.18. The van der Waals surface area contributed by atoms with Crippen LogP contribution in [0.1, 0.15) is 11.1 Å². The Morgan fingerprint density at radius 2 is 1.54 bits per heavy atom. The molecule has 212 valence electrons. The minimum absolute atomic E-state index is 0.0188. The van der Waals surface area contributed by atoms with Gasteiger partial charge in [0.15, 0.2) is 0 Å². The average Bonchev–Trinajstić information content (AvgIpc) is 2.81. The van der Waals surface area contributed by atoms with Crippen molar-refractivity contribution in [3.63, 3.8) is 0 Å². The minimum Gasteiger partial charge on any atom is -0.365 e. The number of alkyl halides is 6. The van der Waals surface area contributed by atoms with E-state index < -0.39 is 48.8 Å². The van der Waals surface area contributed by atoms with Crippen molar-refractivity contribution in [3.8, 4) is 0 Å². The molecule has 0 aliphatic rings. The molecule has 2 heterocycles. The van der Waals surface area contributed by atoms with E-state index in [0.717, 1.165) is 34.8 Å². The molecular formula is C20H19F6N7O4S2. The van der Waals surface area contributed by atoms with E-state index in [2.05, 4.69) is 25.6 Å². The fraction of sp³-hybridized carbons (Fsp3) is 0.250. The molecule has 1 aromatic carbocycles. The first kappa shape index (κ1) is 29.7. The summed E-state index contributed by atoms with van der Waals surface area (Å²) in [7, 11) is -8.13. The summed E-state index contributed by atoms with van der Waals surface area (Å²) in [5.74, 6) is -1.02. The Morgan fingerprint density at radius 1 is 0.923 bits per heavy atom. The van der Waals surface area contributed by atoms with Crippen molar-refractivity contribution in [2.24, 2.45) is 0 Å². The maximum absolute atomic E-state index is 13.6. The molecule has 0 saturated carbocycles. The largest absolute Gasteiger partial charge is 0.516 e. The minimum atomic E-state index is -5.64. The molecule has 0 saturated heterocycles. The second kappa shape index (κ2) is 10.7. The zero-order valence-electron chi connectivity index (χ0n) is 19.8. The van der Waals surface area contributed by atoms with Crippen molar-refractivity contribution in [1.82, 2.24) is 15.0 Å². The van der Waals surface area contributed by atoms with E-state index in [4.69, 9.17) is 0 Å². The third kappa shape index (κ3) is 7.37. The lowest BCUT2D eigenvalue weighted by atomic mass is 10.2. The van der Waals surface area contributed by atoms with Crippen LogP contribution in [0.2, 0.25) is 0 Å². The number of nitrogens with zero attached hydrogens (tertiary/aromatic N) is 4. The SMILES string of the molecule is CN(c1ncccc1CNc1nc(Nc2ccc(NS(=O)(=O)C(F)(F)F)cc2)ncc1C(F)(F)F)S(C)(=O)=O. The molecule has 39 heavy (non-hydrogen) atoms. The molecule has 0 atom stereocenters. The van der Waals surface area contributed by atoms with Crippen LogP contribution < -0.4 is 19.7 Å². The molecule has 0 radical (unpaired) electrons. The van der Waals surface area contributed by atoms with Gasteiger partial charge in [0, 0.05) is 42.9 Å². The number of halogens is 6. The summed E-state index contributed by atoms with van der Waals surface area (Å²) in [5.41, 5.74) is -6.83. The van der Waals surface area contributed by atoms with Crippen LogP contribution >= 0.6 is 0 Å². The maximum atomic E-state index is 13.6. The summed E-state index contributed by atoms with van der Waals surface area (Å²) in [5, 5.41) is 5.06. The van der Waals surface area contributed by atoms with Crippen LogP contribution in [0.4, 0.5) is 55.3 Å². The molecule has 11 nitrogen and oxygen atoms in total. The van der Waals surface area contributed by atoms with E-state index in [9.17, 15) is 43.2 Å². The van der Waals surface area contributed by atoms with Gasteiger partial charge < -0.3 is 10.6 Å². The topological polar surface area (TPSA) is 146 Å². The third-order valence-electron chi connectivity index (χ3n) is 4.90. The molecule has 2 aromatic heterocycles. The van der Waals surface area contributed by atoms with Gasteiger partial charge in [0.25, 0.3) is 0 Å². The zero-order valence-corrected chi connectivity index (χ0v) is 21.5. The molecule has 0 aliphatic carbocycles. The van der Waals surface area contributed by atoms with E-state index in [-0.39, 0.29) is 29.6 Å². The highest BCUT2D eigenvalue weighted by molar-refractivity contribution is 7.93. The van der Waals surface area contributed by atoms with E-state index in [1.807, 2.05) is 0 Å². The summed E-state index contributed by atoms with van der Waals surface area (Å²) < 4.78 is 127. The number of pyridine rings is 1. The number of benzene rings is 1. The molecule has 0 spiro atoms. The van der Waals surface area contributed by atoms with Gasteiger partial charge >= 0.3 is 21.7 Å². The number of aromatic nitrogens is 3. The number of rotatable bonds is 9. The lowest BCUT2D eigenvalue weighted by molar-refractivity contribution is -0.137. The van der Waals surface area contributed by atoms with Crippen LogP contribution in [0.5, 0.6) is 0 Å². The van der Waals surface area contributed by atoms with Crippen molar-refractivity contribution in [1.29, 1.82) is 0 Å². The van der Waals surface area contributed by atoms with E-state index in [1.165, 1.54) is 30.1 Å². The van der Waals surface area contributed by atoms with Gasteiger partial charge in [-0.1, -0.05) is 6.07 Å². The van der Waals surface area contributed by atoms with Crippen LogP contribution in [-0.2, 0) is 32.8 Å². The van der Waals surface area contributed by atoms with Crippen molar-refractivity contribution in [2.75, 3.05) is 33.0 Å². The van der Waals surface area contributed by atoms with Crippen LogP contribution in [0, 0.1) is 0 Å². The number of sulfonamides is 2. The first-order chi connectivity index (χ1) is 17.9. The Balaban J connectivity index is 1.85. The zero-order chi connectivity index (χ0) is 29.2. The van der Waals surface area contributed by atoms with Crippen LogP contribution in [0.25, 0.3) is 0 Å². The predicted molar refractivity (Wildman–Crippen MR) is 130 cm³/mol. The van der Waals surface area contributed by atoms with Crippen LogP contribution in [0.15, 0.2) is 48.8 Å². The predicted octanol–water partition coefficient (Wildman–Crippen LogP) is 3.90. The lowest BCUT2D eigenvalue weighted by Crippen LogP contribution is -2.29. The molecule has 3 aromatic rings. The first-order valence-electron chi connectivity index (χ1n) is 10.4. The Labute approximate surface area is 218 Å². The number of hydrogen-bond acceptors (Lipinski definition) is 9. The Hall–Kier alpha value is -3.87. The van der Waals surface area contributed by atoms with E-state index >= 15 is 0 Å². The molecule has 0 fully saturated rings. The highest BCUT2D eigenvalue weighted by atomic mass is 32.2. The molecule has 0 bridgehead atoms. The lowest BCUT2D eigenvalue weighted by Gasteiger charge is -2.20. The second-order valence-electron chi connectivity index (χ2n) is 7.78. The standard InChI is InChI=1S/C20H19F6N7O4S2/c1-33(38(2,34)35)17-12(4-3-9-27-17)10-28-16-15(19(21,22)23)11-29-18(31-16)30-13-5-7-14(8-6-13)32-39(36,37)20(24,25)26/h3-9,11,32H,10H2,1-2H3,(H2,28,29,30,31). The normalized spacial score (nSPS) is 12.6. The van der Waals surface area contributed by atoms with Gasteiger partial charge in [-0.15, -0.1) is 0 Å². The fourth-order valence-corrected chi connectivity index (χ4v) is 3.98. The van der Waals surface area contributed by atoms with Crippen molar-refractivity contribution >= 4 is 49.0 Å². The average molecular weight is 600 g/mol. The van der Waals surface area contributed by atoms with Gasteiger partial charge in [-0.25, -0.2) is 18.4 Å². The molecule has 3 rings (SSSR count). The van der Waals surface area contributed by atoms with E-state index in [0.29, 0.717) is 6.20 Å². The van der Waals surface area contributed by atoms with Gasteiger partial charge in [-0.05, 0) is 30.3 Å². The van der Waals surface area contributed by atoms with Gasteiger partial charge in [0.2, 0.25) is 16.0 Å². The Bertz CT molecular complexity index is 1550. The smallest absolute Gasteiger partial charge is 0.365 e. The van der Waals surface area contributed by atoms with E-state index in [1.54, 1.807) is 0 Å². The van der Waals surface area contributed by atoms with Gasteiger partial charge in [-0.3, -0.25) is 9.03 Å². The fourth-order valence-electron chi connectivity index (χ4n) is 2.94. The Morgan fingerprint density at radius 3 is 2.10 bits per heavy atom. The molecular weight excluding hydrogens is 580 g/mol. The highest BCUT2D eigenvalue weighted by Crippen LogP contribution is 2.35. The molecule has 0 unspecified atom stereocenters. The van der Waals surface area contributed by atoms with Crippen molar-refractivity contribution in [2.45, 2.75) is 18.2 Å². The third-order valence-corrected chi connectivity index (χ3v) is 7.18. The van der Waals surface area contributed by atoms with Gasteiger partial charge in [0.1, 0.15) is 17.2 Å². The van der Waals surface area contributed by atoms with Crippen LogP contribution in [-0.4, -0.2) is 50.6 Å². The summed E-state index contributed by atoms with van der Waals surface area (Å²) in [6.07, 6.45) is -2.12. The highest BCUT2D eigenvalue weighted by Gasteiger charge is 2.46. The van der Waals surface area contributed by atoms with Gasteiger partial charge in [-0.2, -0.15) is 39.7 Å². The summed E-state index contributed by atoms with van der Waals surface area (Å²) >= 11 is 0.